The van der Waals surface area contributed by atoms with E-state index in [1.54, 1.807) is 11.8 Å². The van der Waals surface area contributed by atoms with Gasteiger partial charge in [-0.3, -0.25) is 4.68 Å². The van der Waals surface area contributed by atoms with Gasteiger partial charge >= 0.3 is 0 Å². The Bertz CT molecular complexity index is 465. The van der Waals surface area contributed by atoms with Crippen molar-refractivity contribution in [2.45, 2.75) is 17.2 Å². The van der Waals surface area contributed by atoms with Crippen LogP contribution in [0.15, 0.2) is 41.4 Å². The third kappa shape index (κ3) is 2.87. The van der Waals surface area contributed by atoms with E-state index < -0.39 is 0 Å². The monoisotopic (exact) mass is 233 g/mol. The van der Waals surface area contributed by atoms with Crippen molar-refractivity contribution in [3.8, 4) is 0 Å². The van der Waals surface area contributed by atoms with E-state index in [0.717, 1.165) is 11.4 Å². The van der Waals surface area contributed by atoms with Crippen LogP contribution in [0.3, 0.4) is 0 Å². The van der Waals surface area contributed by atoms with Crippen LogP contribution in [-0.2, 0) is 19.3 Å². The number of nitrogens with two attached hydrogens (primary N) is 1. The minimum Gasteiger partial charge on any atom is -0.326 e. The minimum atomic E-state index is 0.595. The molecule has 0 fully saturated rings. The van der Waals surface area contributed by atoms with Crippen LogP contribution in [0.4, 0.5) is 0 Å². The fourth-order valence-electron chi connectivity index (χ4n) is 1.46. The summed E-state index contributed by atoms with van der Waals surface area (Å²) in [6, 6.07) is 10.4. The van der Waals surface area contributed by atoms with Crippen molar-refractivity contribution in [1.29, 1.82) is 0 Å². The van der Waals surface area contributed by atoms with Crippen molar-refractivity contribution >= 4 is 11.8 Å². The Hall–Kier alpha value is -1.26. The zero-order valence-electron chi connectivity index (χ0n) is 9.26. The van der Waals surface area contributed by atoms with E-state index in [4.69, 9.17) is 5.73 Å². The summed E-state index contributed by atoms with van der Waals surface area (Å²) < 4.78 is 1.83. The number of benzene rings is 1. The van der Waals surface area contributed by atoms with Gasteiger partial charge < -0.3 is 5.73 Å². The molecule has 0 atom stereocenters. The molecule has 1 aromatic heterocycles. The highest BCUT2D eigenvalue weighted by molar-refractivity contribution is 7.98. The molecule has 3 nitrogen and oxygen atoms in total. The number of hydrogen-bond acceptors (Lipinski definition) is 3. The van der Waals surface area contributed by atoms with E-state index >= 15 is 0 Å². The molecule has 0 aliphatic heterocycles. The molecule has 2 rings (SSSR count). The van der Waals surface area contributed by atoms with Gasteiger partial charge in [0.2, 0.25) is 0 Å². The highest BCUT2D eigenvalue weighted by atomic mass is 32.2. The van der Waals surface area contributed by atoms with Crippen LogP contribution >= 0.6 is 11.8 Å². The highest BCUT2D eigenvalue weighted by Gasteiger charge is 1.99. The van der Waals surface area contributed by atoms with Crippen molar-refractivity contribution < 1.29 is 0 Å². The fraction of sp³-hybridized carbons (Fsp3) is 0.250. The normalized spacial score (nSPS) is 10.6. The standard InChI is InChI=1S/C12H15N3S/c1-15-6-5-11(14-15)9-16-12-4-2-3-10(7-12)8-13/h2-7H,8-9,13H2,1H3. The summed E-state index contributed by atoms with van der Waals surface area (Å²) >= 11 is 1.78. The van der Waals surface area contributed by atoms with Crippen molar-refractivity contribution in [3.05, 3.63) is 47.8 Å². The van der Waals surface area contributed by atoms with Crippen LogP contribution in [0.2, 0.25) is 0 Å². The molecule has 0 saturated heterocycles. The second-order valence-corrected chi connectivity index (χ2v) is 4.67. The average molecular weight is 233 g/mol. The summed E-state index contributed by atoms with van der Waals surface area (Å²) in [5.41, 5.74) is 7.88. The van der Waals surface area contributed by atoms with E-state index in [0.29, 0.717) is 6.54 Å². The summed E-state index contributed by atoms with van der Waals surface area (Å²) in [6.07, 6.45) is 1.96. The van der Waals surface area contributed by atoms with Gasteiger partial charge in [-0.15, -0.1) is 11.8 Å². The topological polar surface area (TPSA) is 43.8 Å². The largest absolute Gasteiger partial charge is 0.326 e. The molecule has 0 aliphatic rings. The Morgan fingerprint density at radius 2 is 2.25 bits per heavy atom. The number of aryl methyl sites for hydroxylation is 1. The lowest BCUT2D eigenvalue weighted by Crippen LogP contribution is -1.95. The molecule has 4 heteroatoms. The second kappa shape index (κ2) is 5.18. The maximum absolute atomic E-state index is 5.60. The quantitative estimate of drug-likeness (QED) is 0.823. The van der Waals surface area contributed by atoms with Gasteiger partial charge in [-0.2, -0.15) is 5.10 Å². The SMILES string of the molecule is Cn1ccc(CSc2cccc(CN)c2)n1. The van der Waals surface area contributed by atoms with Crippen molar-refractivity contribution in [2.24, 2.45) is 12.8 Å². The Morgan fingerprint density at radius 3 is 2.94 bits per heavy atom. The first-order chi connectivity index (χ1) is 7.78. The third-order valence-corrected chi connectivity index (χ3v) is 3.32. The van der Waals surface area contributed by atoms with Crippen molar-refractivity contribution in [1.82, 2.24) is 9.78 Å². The molecular formula is C12H15N3S. The lowest BCUT2D eigenvalue weighted by Gasteiger charge is -2.02. The molecule has 84 valence electrons. The minimum absolute atomic E-state index is 0.595. The lowest BCUT2D eigenvalue weighted by atomic mass is 10.2. The first-order valence-electron chi connectivity index (χ1n) is 5.18. The van der Waals surface area contributed by atoms with E-state index in [1.807, 2.05) is 36.1 Å². The maximum atomic E-state index is 5.60. The van der Waals surface area contributed by atoms with Crippen LogP contribution in [0.1, 0.15) is 11.3 Å². The van der Waals surface area contributed by atoms with Gasteiger partial charge in [0, 0.05) is 30.4 Å². The van der Waals surface area contributed by atoms with Gasteiger partial charge in [0.25, 0.3) is 0 Å². The summed E-state index contributed by atoms with van der Waals surface area (Å²) in [5.74, 6) is 0.898. The number of hydrogen-bond donors (Lipinski definition) is 1. The summed E-state index contributed by atoms with van der Waals surface area (Å²) in [5, 5.41) is 4.34. The van der Waals surface area contributed by atoms with E-state index in [2.05, 4.69) is 17.2 Å². The van der Waals surface area contributed by atoms with Crippen LogP contribution in [-0.4, -0.2) is 9.78 Å². The van der Waals surface area contributed by atoms with Crippen molar-refractivity contribution in [3.63, 3.8) is 0 Å². The van der Waals surface area contributed by atoms with Crippen LogP contribution in [0.5, 0.6) is 0 Å². The molecule has 16 heavy (non-hydrogen) atoms. The lowest BCUT2D eigenvalue weighted by molar-refractivity contribution is 0.755. The molecule has 0 aliphatic carbocycles. The van der Waals surface area contributed by atoms with Gasteiger partial charge in [-0.1, -0.05) is 12.1 Å². The number of thioether (sulfide) groups is 1. The molecule has 0 bridgehead atoms. The summed E-state index contributed by atoms with van der Waals surface area (Å²) in [6.45, 7) is 0.595. The summed E-state index contributed by atoms with van der Waals surface area (Å²) in [7, 11) is 1.93. The molecular weight excluding hydrogens is 218 g/mol. The van der Waals surface area contributed by atoms with Crippen LogP contribution < -0.4 is 5.73 Å². The zero-order valence-corrected chi connectivity index (χ0v) is 10.1. The predicted molar refractivity (Wildman–Crippen MR) is 67.1 cm³/mol. The number of aromatic nitrogens is 2. The van der Waals surface area contributed by atoms with E-state index in [9.17, 15) is 0 Å². The van der Waals surface area contributed by atoms with Gasteiger partial charge in [0.05, 0.1) is 5.69 Å². The van der Waals surface area contributed by atoms with Gasteiger partial charge in [-0.25, -0.2) is 0 Å². The Morgan fingerprint density at radius 1 is 1.38 bits per heavy atom. The molecule has 1 heterocycles. The molecule has 1 aromatic carbocycles. The molecule has 0 radical (unpaired) electrons. The first kappa shape index (κ1) is 11.2. The molecule has 0 spiro atoms. The third-order valence-electron chi connectivity index (χ3n) is 2.29. The molecule has 0 saturated carbocycles. The molecule has 2 aromatic rings. The number of nitrogens with zero attached hydrogens (tertiary/aromatic N) is 2. The Labute approximate surface area is 99.7 Å². The van der Waals surface area contributed by atoms with Crippen LogP contribution in [0, 0.1) is 0 Å². The second-order valence-electron chi connectivity index (χ2n) is 3.62. The molecule has 0 unspecified atom stereocenters. The van der Waals surface area contributed by atoms with Gasteiger partial charge in [0.1, 0.15) is 0 Å². The maximum Gasteiger partial charge on any atom is 0.0727 e. The molecule has 0 amide bonds. The summed E-state index contributed by atoms with van der Waals surface area (Å²) in [4.78, 5) is 1.24. The zero-order chi connectivity index (χ0) is 11.4. The van der Waals surface area contributed by atoms with Crippen molar-refractivity contribution in [2.75, 3.05) is 0 Å². The fourth-order valence-corrected chi connectivity index (χ4v) is 2.34. The Balaban J connectivity index is 1.99. The van der Waals surface area contributed by atoms with Gasteiger partial charge in [-0.05, 0) is 23.8 Å². The predicted octanol–water partition coefficient (Wildman–Crippen LogP) is 2.17. The Kier molecular flexibility index (Phi) is 3.64. The van der Waals surface area contributed by atoms with Crippen LogP contribution in [0.25, 0.3) is 0 Å². The number of rotatable bonds is 4. The molecule has 2 N–H and O–H groups in total. The highest BCUT2D eigenvalue weighted by Crippen LogP contribution is 2.22. The first-order valence-corrected chi connectivity index (χ1v) is 6.17. The van der Waals surface area contributed by atoms with Gasteiger partial charge in [0.15, 0.2) is 0 Å². The van der Waals surface area contributed by atoms with E-state index in [1.165, 1.54) is 10.5 Å². The average Bonchev–Trinajstić information content (AvgIpc) is 2.73. The van der Waals surface area contributed by atoms with E-state index in [-0.39, 0.29) is 0 Å². The smallest absolute Gasteiger partial charge is 0.0727 e.